The number of amides is 1. The maximum Gasteiger partial charge on any atom is 0.220 e. The van der Waals surface area contributed by atoms with Crippen LogP contribution in [0.1, 0.15) is 43.2 Å². The molecule has 0 unspecified atom stereocenters. The van der Waals surface area contributed by atoms with Crippen molar-refractivity contribution < 1.29 is 9.90 Å². The minimum atomic E-state index is -0.172. The van der Waals surface area contributed by atoms with Crippen molar-refractivity contribution in [3.63, 3.8) is 0 Å². The molecular formula is C16H22BrNO2. The molecule has 1 fully saturated rings. The van der Waals surface area contributed by atoms with Gasteiger partial charge in [0.05, 0.1) is 6.10 Å². The third-order valence-corrected chi connectivity index (χ3v) is 4.81. The standard InChI is InChI=1S/C16H22BrNO2/c1-11-10-12(2-8-15(11)17)3-9-16(20)18-13-4-6-14(19)7-5-13/h2,8,10,13-14,19H,3-7,9H2,1H3,(H,18,20). The van der Waals surface area contributed by atoms with E-state index < -0.39 is 0 Å². The van der Waals surface area contributed by atoms with Crippen LogP contribution in [0, 0.1) is 6.92 Å². The highest BCUT2D eigenvalue weighted by Gasteiger charge is 2.20. The Hall–Kier alpha value is -0.870. The molecule has 2 N–H and O–H groups in total. The number of rotatable bonds is 4. The molecule has 1 aromatic carbocycles. The Labute approximate surface area is 128 Å². The topological polar surface area (TPSA) is 49.3 Å². The van der Waals surface area contributed by atoms with Crippen LogP contribution in [0.3, 0.4) is 0 Å². The molecule has 0 aromatic heterocycles. The summed E-state index contributed by atoms with van der Waals surface area (Å²) in [6.07, 6.45) is 4.52. The smallest absolute Gasteiger partial charge is 0.220 e. The molecule has 20 heavy (non-hydrogen) atoms. The molecular weight excluding hydrogens is 318 g/mol. The first-order valence-corrected chi connectivity index (χ1v) is 8.06. The number of carbonyl (C=O) groups is 1. The Morgan fingerprint density at radius 3 is 2.70 bits per heavy atom. The van der Waals surface area contributed by atoms with E-state index in [0.29, 0.717) is 6.42 Å². The van der Waals surface area contributed by atoms with Crippen molar-refractivity contribution in [3.05, 3.63) is 33.8 Å². The summed E-state index contributed by atoms with van der Waals surface area (Å²) in [4.78, 5) is 11.9. The third kappa shape index (κ3) is 4.60. The zero-order chi connectivity index (χ0) is 14.5. The van der Waals surface area contributed by atoms with Crippen LogP contribution >= 0.6 is 15.9 Å². The van der Waals surface area contributed by atoms with Gasteiger partial charge in [0.15, 0.2) is 0 Å². The third-order valence-electron chi connectivity index (χ3n) is 3.92. The van der Waals surface area contributed by atoms with Crippen LogP contribution in [0.4, 0.5) is 0 Å². The highest BCUT2D eigenvalue weighted by atomic mass is 79.9. The summed E-state index contributed by atoms with van der Waals surface area (Å²) in [7, 11) is 0. The van der Waals surface area contributed by atoms with E-state index in [1.807, 2.05) is 6.07 Å². The Kier molecular flexibility index (Phi) is 5.61. The lowest BCUT2D eigenvalue weighted by Gasteiger charge is -2.26. The van der Waals surface area contributed by atoms with Gasteiger partial charge in [-0.25, -0.2) is 0 Å². The largest absolute Gasteiger partial charge is 0.393 e. The van der Waals surface area contributed by atoms with Gasteiger partial charge in [-0.1, -0.05) is 28.1 Å². The SMILES string of the molecule is Cc1cc(CCC(=O)NC2CCC(O)CC2)ccc1Br. The van der Waals surface area contributed by atoms with Gasteiger partial charge < -0.3 is 10.4 Å². The van der Waals surface area contributed by atoms with Crippen LogP contribution in [0.5, 0.6) is 0 Å². The van der Waals surface area contributed by atoms with Crippen LogP contribution in [0.15, 0.2) is 22.7 Å². The fourth-order valence-electron chi connectivity index (χ4n) is 2.64. The number of benzene rings is 1. The zero-order valence-corrected chi connectivity index (χ0v) is 13.4. The summed E-state index contributed by atoms with van der Waals surface area (Å²) in [6, 6.07) is 6.46. The molecule has 1 saturated carbocycles. The van der Waals surface area contributed by atoms with Crippen LogP contribution in [0.2, 0.25) is 0 Å². The fraction of sp³-hybridized carbons (Fsp3) is 0.562. The second kappa shape index (κ2) is 7.23. The first-order chi connectivity index (χ1) is 9.54. The number of hydrogen-bond donors (Lipinski definition) is 2. The monoisotopic (exact) mass is 339 g/mol. The number of hydrogen-bond acceptors (Lipinski definition) is 2. The van der Waals surface area contributed by atoms with Crippen molar-refractivity contribution in [3.8, 4) is 0 Å². The van der Waals surface area contributed by atoms with Crippen molar-refractivity contribution >= 4 is 21.8 Å². The van der Waals surface area contributed by atoms with Gasteiger partial charge in [0.2, 0.25) is 5.91 Å². The summed E-state index contributed by atoms with van der Waals surface area (Å²) in [5, 5.41) is 12.5. The van der Waals surface area contributed by atoms with E-state index in [2.05, 4.69) is 40.3 Å². The highest BCUT2D eigenvalue weighted by molar-refractivity contribution is 9.10. The molecule has 0 atom stereocenters. The lowest BCUT2D eigenvalue weighted by atomic mass is 9.93. The number of aliphatic hydroxyl groups is 1. The fourth-order valence-corrected chi connectivity index (χ4v) is 2.89. The predicted molar refractivity (Wildman–Crippen MR) is 83.6 cm³/mol. The summed E-state index contributed by atoms with van der Waals surface area (Å²) in [5.41, 5.74) is 2.39. The molecule has 1 aliphatic carbocycles. The predicted octanol–water partition coefficient (Wildman–Crippen LogP) is 3.11. The Morgan fingerprint density at radius 2 is 2.05 bits per heavy atom. The van der Waals surface area contributed by atoms with Crippen LogP contribution in [0.25, 0.3) is 0 Å². The number of halogens is 1. The molecule has 0 aliphatic heterocycles. The second-order valence-electron chi connectivity index (χ2n) is 5.66. The molecule has 110 valence electrons. The lowest BCUT2D eigenvalue weighted by molar-refractivity contribution is -0.122. The van der Waals surface area contributed by atoms with Gasteiger partial charge in [-0.15, -0.1) is 0 Å². The van der Waals surface area contributed by atoms with Gasteiger partial charge in [0, 0.05) is 16.9 Å². The lowest BCUT2D eigenvalue weighted by Crippen LogP contribution is -2.38. The van der Waals surface area contributed by atoms with E-state index in [-0.39, 0.29) is 18.1 Å². The van der Waals surface area contributed by atoms with Crippen LogP contribution < -0.4 is 5.32 Å². The van der Waals surface area contributed by atoms with Crippen LogP contribution in [-0.2, 0) is 11.2 Å². The van der Waals surface area contributed by atoms with Crippen molar-refractivity contribution in [2.45, 2.75) is 57.6 Å². The van der Waals surface area contributed by atoms with Crippen molar-refractivity contribution in [1.29, 1.82) is 0 Å². The minimum absolute atomic E-state index is 0.118. The van der Waals surface area contributed by atoms with Gasteiger partial charge in [-0.2, -0.15) is 0 Å². The molecule has 1 aromatic rings. The Bertz CT molecular complexity index is 468. The van der Waals surface area contributed by atoms with Gasteiger partial charge in [0.1, 0.15) is 0 Å². The van der Waals surface area contributed by atoms with Gasteiger partial charge in [-0.05, 0) is 56.2 Å². The van der Waals surface area contributed by atoms with Gasteiger partial charge in [0.25, 0.3) is 0 Å². The number of aryl methyl sites for hydroxylation is 2. The molecule has 0 saturated heterocycles. The minimum Gasteiger partial charge on any atom is -0.393 e. The zero-order valence-electron chi connectivity index (χ0n) is 11.9. The number of carbonyl (C=O) groups excluding carboxylic acids is 1. The van der Waals surface area contributed by atoms with E-state index in [4.69, 9.17) is 0 Å². The number of aliphatic hydroxyl groups excluding tert-OH is 1. The maximum absolute atomic E-state index is 11.9. The van der Waals surface area contributed by atoms with E-state index in [9.17, 15) is 9.90 Å². The molecule has 4 heteroatoms. The molecule has 0 heterocycles. The van der Waals surface area contributed by atoms with E-state index in [1.165, 1.54) is 11.1 Å². The molecule has 3 nitrogen and oxygen atoms in total. The molecule has 0 bridgehead atoms. The number of nitrogens with one attached hydrogen (secondary N) is 1. The van der Waals surface area contributed by atoms with Gasteiger partial charge in [-0.3, -0.25) is 4.79 Å². The average Bonchev–Trinajstić information content (AvgIpc) is 2.43. The summed E-state index contributed by atoms with van der Waals surface area (Å²) >= 11 is 3.48. The van der Waals surface area contributed by atoms with Crippen molar-refractivity contribution in [2.75, 3.05) is 0 Å². The van der Waals surface area contributed by atoms with E-state index in [1.54, 1.807) is 0 Å². The summed E-state index contributed by atoms with van der Waals surface area (Å²) < 4.78 is 1.10. The molecule has 2 rings (SSSR count). The van der Waals surface area contributed by atoms with E-state index in [0.717, 1.165) is 36.6 Å². The molecule has 1 amide bonds. The maximum atomic E-state index is 11.9. The molecule has 0 spiro atoms. The molecule has 1 aliphatic rings. The summed E-state index contributed by atoms with van der Waals surface area (Å²) in [6.45, 7) is 2.06. The quantitative estimate of drug-likeness (QED) is 0.885. The molecule has 0 radical (unpaired) electrons. The highest BCUT2D eigenvalue weighted by Crippen LogP contribution is 2.19. The van der Waals surface area contributed by atoms with Crippen molar-refractivity contribution in [2.24, 2.45) is 0 Å². The second-order valence-corrected chi connectivity index (χ2v) is 6.51. The first kappa shape index (κ1) is 15.5. The van der Waals surface area contributed by atoms with Crippen LogP contribution in [-0.4, -0.2) is 23.2 Å². The van der Waals surface area contributed by atoms with Crippen molar-refractivity contribution in [1.82, 2.24) is 5.32 Å². The van der Waals surface area contributed by atoms with Gasteiger partial charge >= 0.3 is 0 Å². The normalized spacial score (nSPS) is 22.6. The van der Waals surface area contributed by atoms with E-state index >= 15 is 0 Å². The first-order valence-electron chi connectivity index (χ1n) is 7.27. The summed E-state index contributed by atoms with van der Waals surface area (Å²) in [5.74, 6) is 0.118. The Morgan fingerprint density at radius 1 is 1.35 bits per heavy atom. The average molecular weight is 340 g/mol. The Balaban J connectivity index is 1.76.